The number of hydrogen-bond donors (Lipinski definition) is 2. The number of nitrogens with one attached hydrogen (secondary N) is 1. The third-order valence-corrected chi connectivity index (χ3v) is 5.63. The van der Waals surface area contributed by atoms with Crippen LogP contribution in [0.25, 0.3) is 0 Å². The first-order valence-corrected chi connectivity index (χ1v) is 8.83. The van der Waals surface area contributed by atoms with E-state index in [0.29, 0.717) is 10.9 Å². The average molecular weight is 351 g/mol. The van der Waals surface area contributed by atoms with Crippen molar-refractivity contribution in [2.24, 2.45) is 17.8 Å². The second kappa shape index (κ2) is 7.01. The Morgan fingerprint density at radius 3 is 2.79 bits per heavy atom. The Hall–Kier alpha value is -1.75. The molecule has 2 bridgehead atoms. The van der Waals surface area contributed by atoms with Gasteiger partial charge in [0, 0.05) is 16.8 Å². The van der Waals surface area contributed by atoms with Gasteiger partial charge in [-0.25, -0.2) is 4.79 Å². The van der Waals surface area contributed by atoms with Crippen LogP contribution in [0.1, 0.15) is 43.0 Å². The monoisotopic (exact) mass is 350 g/mol. The van der Waals surface area contributed by atoms with E-state index in [1.807, 2.05) is 6.92 Å². The normalized spacial score (nSPS) is 26.2. The number of esters is 1. The summed E-state index contributed by atoms with van der Waals surface area (Å²) in [5, 5.41) is 3.41. The Balaban J connectivity index is 1.47. The average Bonchev–Trinajstić information content (AvgIpc) is 3.15. The minimum atomic E-state index is -0.619. The van der Waals surface area contributed by atoms with Crippen LogP contribution in [-0.4, -0.2) is 24.5 Å². The number of ether oxygens (including phenoxy) is 1. The standard InChI is InChI=1S/C18H23ClN2O3/c1-10(15-7-11-2-3-12(15)6-11)21-17(22)9-24-18(23)14-5-4-13(19)8-16(14)20/h4-5,8,10-12,15H,2-3,6-7,9,20H2,1H3,(H,21,22)/t10-,11+,12+,15+/m1/s1. The van der Waals surface area contributed by atoms with Crippen LogP contribution in [0.2, 0.25) is 5.02 Å². The summed E-state index contributed by atoms with van der Waals surface area (Å²) < 4.78 is 5.06. The maximum atomic E-state index is 12.1. The molecule has 0 radical (unpaired) electrons. The van der Waals surface area contributed by atoms with Gasteiger partial charge in [0.05, 0.1) is 5.56 Å². The summed E-state index contributed by atoms with van der Waals surface area (Å²) in [4.78, 5) is 24.1. The zero-order valence-corrected chi connectivity index (χ0v) is 14.5. The number of carbonyl (C=O) groups is 2. The Morgan fingerprint density at radius 2 is 2.17 bits per heavy atom. The SMILES string of the molecule is C[C@@H](NC(=O)COC(=O)c1ccc(Cl)cc1N)[C@@H]1C[C@H]2CC[C@H]1C2. The summed E-state index contributed by atoms with van der Waals surface area (Å²) in [5.41, 5.74) is 6.20. The van der Waals surface area contributed by atoms with Crippen LogP contribution in [0.3, 0.4) is 0 Å². The lowest BCUT2D eigenvalue weighted by Crippen LogP contribution is -2.42. The van der Waals surface area contributed by atoms with Gasteiger partial charge in [0.1, 0.15) is 0 Å². The van der Waals surface area contributed by atoms with Crippen molar-refractivity contribution in [2.75, 3.05) is 12.3 Å². The number of amides is 1. The highest BCUT2D eigenvalue weighted by molar-refractivity contribution is 6.31. The van der Waals surface area contributed by atoms with Crippen molar-refractivity contribution in [3.8, 4) is 0 Å². The highest BCUT2D eigenvalue weighted by Crippen LogP contribution is 2.49. The Labute approximate surface area is 146 Å². The molecular formula is C18H23ClN2O3. The van der Waals surface area contributed by atoms with Crippen LogP contribution in [0.4, 0.5) is 5.69 Å². The predicted molar refractivity (Wildman–Crippen MR) is 92.7 cm³/mol. The minimum Gasteiger partial charge on any atom is -0.452 e. The quantitative estimate of drug-likeness (QED) is 0.631. The number of benzene rings is 1. The fourth-order valence-electron chi connectivity index (χ4n) is 4.24. The summed E-state index contributed by atoms with van der Waals surface area (Å²) in [5.74, 6) is 1.24. The van der Waals surface area contributed by atoms with E-state index in [4.69, 9.17) is 22.1 Å². The number of anilines is 1. The number of halogens is 1. The van der Waals surface area contributed by atoms with Crippen LogP contribution in [0, 0.1) is 17.8 Å². The molecule has 5 nitrogen and oxygen atoms in total. The lowest BCUT2D eigenvalue weighted by atomic mass is 9.84. The molecule has 3 rings (SSSR count). The van der Waals surface area contributed by atoms with E-state index in [1.54, 1.807) is 6.07 Å². The van der Waals surface area contributed by atoms with Gasteiger partial charge in [-0.2, -0.15) is 0 Å². The number of nitrogens with two attached hydrogens (primary N) is 1. The number of nitrogen functional groups attached to an aromatic ring is 1. The fourth-order valence-corrected chi connectivity index (χ4v) is 4.42. The zero-order valence-electron chi connectivity index (χ0n) is 13.8. The first-order chi connectivity index (χ1) is 11.4. The predicted octanol–water partition coefficient (Wildman–Crippen LogP) is 3.02. The molecule has 2 aliphatic rings. The van der Waals surface area contributed by atoms with Crippen LogP contribution < -0.4 is 11.1 Å². The lowest BCUT2D eigenvalue weighted by molar-refractivity contribution is -0.125. The van der Waals surface area contributed by atoms with Gasteiger partial charge in [-0.1, -0.05) is 18.0 Å². The third-order valence-electron chi connectivity index (χ3n) is 5.39. The van der Waals surface area contributed by atoms with Crippen molar-refractivity contribution in [3.63, 3.8) is 0 Å². The Bertz CT molecular complexity index is 649. The van der Waals surface area contributed by atoms with Gasteiger partial charge in [-0.15, -0.1) is 0 Å². The van der Waals surface area contributed by atoms with Crippen LogP contribution in [-0.2, 0) is 9.53 Å². The fraction of sp³-hybridized carbons (Fsp3) is 0.556. The molecule has 4 atom stereocenters. The van der Waals surface area contributed by atoms with Crippen molar-refractivity contribution < 1.29 is 14.3 Å². The van der Waals surface area contributed by atoms with Crippen LogP contribution in [0.15, 0.2) is 18.2 Å². The Morgan fingerprint density at radius 1 is 1.38 bits per heavy atom. The van der Waals surface area contributed by atoms with Crippen LogP contribution >= 0.6 is 11.6 Å². The van der Waals surface area contributed by atoms with E-state index >= 15 is 0 Å². The topological polar surface area (TPSA) is 81.4 Å². The zero-order chi connectivity index (χ0) is 17.3. The smallest absolute Gasteiger partial charge is 0.340 e. The van der Waals surface area contributed by atoms with Crippen molar-refractivity contribution in [3.05, 3.63) is 28.8 Å². The highest BCUT2D eigenvalue weighted by atomic mass is 35.5. The molecule has 1 aromatic carbocycles. The van der Waals surface area contributed by atoms with E-state index in [2.05, 4.69) is 5.32 Å². The molecule has 0 aliphatic heterocycles. The molecule has 0 unspecified atom stereocenters. The second-order valence-corrected chi connectivity index (χ2v) is 7.44. The molecule has 24 heavy (non-hydrogen) atoms. The van der Waals surface area contributed by atoms with Gasteiger partial charge < -0.3 is 15.8 Å². The maximum Gasteiger partial charge on any atom is 0.340 e. The number of rotatable bonds is 5. The van der Waals surface area contributed by atoms with Gasteiger partial charge in [0.2, 0.25) is 0 Å². The highest BCUT2D eigenvalue weighted by Gasteiger charge is 2.42. The summed E-state index contributed by atoms with van der Waals surface area (Å²) in [6.45, 7) is 1.74. The molecular weight excluding hydrogens is 328 g/mol. The Kier molecular flexibility index (Phi) is 4.99. The first-order valence-electron chi connectivity index (χ1n) is 8.45. The molecule has 0 heterocycles. The van der Waals surface area contributed by atoms with E-state index in [9.17, 15) is 9.59 Å². The van der Waals surface area contributed by atoms with Crippen molar-refractivity contribution in [2.45, 2.75) is 38.6 Å². The summed E-state index contributed by atoms with van der Waals surface area (Å²) in [6.07, 6.45) is 5.12. The van der Waals surface area contributed by atoms with Crippen molar-refractivity contribution in [1.82, 2.24) is 5.32 Å². The molecule has 2 saturated carbocycles. The minimum absolute atomic E-state index is 0.118. The van der Waals surface area contributed by atoms with Gasteiger partial charge >= 0.3 is 5.97 Å². The van der Waals surface area contributed by atoms with Crippen LogP contribution in [0.5, 0.6) is 0 Å². The lowest BCUT2D eigenvalue weighted by Gasteiger charge is -2.28. The molecule has 1 amide bonds. The number of hydrogen-bond acceptors (Lipinski definition) is 4. The third kappa shape index (κ3) is 3.66. The van der Waals surface area contributed by atoms with Crippen molar-refractivity contribution in [1.29, 1.82) is 0 Å². The van der Waals surface area contributed by atoms with E-state index in [0.717, 1.165) is 11.8 Å². The first kappa shape index (κ1) is 17.1. The molecule has 0 aromatic heterocycles. The van der Waals surface area contributed by atoms with Gasteiger partial charge in [-0.05, 0) is 62.1 Å². The van der Waals surface area contributed by atoms with E-state index in [1.165, 1.54) is 37.8 Å². The van der Waals surface area contributed by atoms with Crippen molar-refractivity contribution >= 4 is 29.2 Å². The summed E-state index contributed by atoms with van der Waals surface area (Å²) >= 11 is 5.80. The van der Waals surface area contributed by atoms with E-state index < -0.39 is 5.97 Å². The molecule has 2 fully saturated rings. The molecule has 3 N–H and O–H groups in total. The number of carbonyl (C=O) groups excluding carboxylic acids is 2. The molecule has 6 heteroatoms. The molecule has 2 aliphatic carbocycles. The second-order valence-electron chi connectivity index (χ2n) is 7.00. The van der Waals surface area contributed by atoms with Gasteiger partial charge in [-0.3, -0.25) is 4.79 Å². The largest absolute Gasteiger partial charge is 0.452 e. The van der Waals surface area contributed by atoms with E-state index in [-0.39, 0.29) is 29.8 Å². The summed E-state index contributed by atoms with van der Waals surface area (Å²) in [6, 6.07) is 4.66. The number of fused-ring (bicyclic) bond motifs is 2. The molecule has 1 aromatic rings. The van der Waals surface area contributed by atoms with Gasteiger partial charge in [0.25, 0.3) is 5.91 Å². The van der Waals surface area contributed by atoms with Gasteiger partial charge in [0.15, 0.2) is 6.61 Å². The molecule has 0 saturated heterocycles. The summed E-state index contributed by atoms with van der Waals surface area (Å²) in [7, 11) is 0. The maximum absolute atomic E-state index is 12.1. The molecule has 0 spiro atoms. The molecule has 130 valence electrons.